The second kappa shape index (κ2) is 8.16. The minimum atomic E-state index is 0.654. The van der Waals surface area contributed by atoms with E-state index in [9.17, 15) is 0 Å². The lowest BCUT2D eigenvalue weighted by Crippen LogP contribution is -2.47. The van der Waals surface area contributed by atoms with Crippen LogP contribution in [0, 0.1) is 11.8 Å². The van der Waals surface area contributed by atoms with Crippen LogP contribution < -0.4 is 5.32 Å². The van der Waals surface area contributed by atoms with Gasteiger partial charge in [-0.1, -0.05) is 20.8 Å². The van der Waals surface area contributed by atoms with Crippen LogP contribution in [0.2, 0.25) is 0 Å². The first kappa shape index (κ1) is 16.0. The summed E-state index contributed by atoms with van der Waals surface area (Å²) >= 11 is 0. The molecule has 2 nitrogen and oxygen atoms in total. The molecule has 3 unspecified atom stereocenters. The Hall–Kier alpha value is -0.0800. The Morgan fingerprint density at radius 2 is 1.94 bits per heavy atom. The predicted octanol–water partition coefficient (Wildman–Crippen LogP) is 3.52. The quantitative estimate of drug-likeness (QED) is 0.748. The van der Waals surface area contributed by atoms with E-state index in [1.807, 2.05) is 0 Å². The largest absolute Gasteiger partial charge is 0.311 e. The summed E-state index contributed by atoms with van der Waals surface area (Å²) in [4.78, 5) is 2.65. The molecule has 0 bridgehead atoms. The molecule has 1 heterocycles. The van der Waals surface area contributed by atoms with Crippen LogP contribution in [0.25, 0.3) is 0 Å². The lowest BCUT2D eigenvalue weighted by Gasteiger charge is -2.37. The number of nitrogens with one attached hydrogen (secondary N) is 1. The van der Waals surface area contributed by atoms with Crippen molar-refractivity contribution >= 4 is 0 Å². The number of piperidine rings is 1. The van der Waals surface area contributed by atoms with E-state index in [0.717, 1.165) is 11.8 Å². The summed E-state index contributed by atoms with van der Waals surface area (Å²) in [7, 11) is 0. The molecular weight excluding hydrogens is 220 g/mol. The molecule has 0 aromatic rings. The van der Waals surface area contributed by atoms with E-state index < -0.39 is 0 Å². The minimum Gasteiger partial charge on any atom is -0.311 e. The number of hydrogen-bond acceptors (Lipinski definition) is 2. The molecule has 108 valence electrons. The second-order valence-corrected chi connectivity index (χ2v) is 6.69. The van der Waals surface area contributed by atoms with E-state index >= 15 is 0 Å². The van der Waals surface area contributed by atoms with E-state index in [2.05, 4.69) is 44.8 Å². The molecule has 1 aliphatic rings. The zero-order valence-electron chi connectivity index (χ0n) is 13.2. The smallest absolute Gasteiger partial charge is 0.00816 e. The van der Waals surface area contributed by atoms with Gasteiger partial charge in [0.05, 0.1) is 0 Å². The fourth-order valence-electron chi connectivity index (χ4n) is 3.38. The Balaban J connectivity index is 2.33. The van der Waals surface area contributed by atoms with Gasteiger partial charge < -0.3 is 10.2 Å². The van der Waals surface area contributed by atoms with Gasteiger partial charge >= 0.3 is 0 Å². The molecule has 1 fully saturated rings. The van der Waals surface area contributed by atoms with Gasteiger partial charge in [0.2, 0.25) is 0 Å². The van der Waals surface area contributed by atoms with Gasteiger partial charge in [0.1, 0.15) is 0 Å². The van der Waals surface area contributed by atoms with Gasteiger partial charge in [-0.2, -0.15) is 0 Å². The van der Waals surface area contributed by atoms with Gasteiger partial charge in [-0.25, -0.2) is 0 Å². The van der Waals surface area contributed by atoms with Crippen molar-refractivity contribution < 1.29 is 0 Å². The highest BCUT2D eigenvalue weighted by molar-refractivity contribution is 4.82. The van der Waals surface area contributed by atoms with Crippen LogP contribution in [0.4, 0.5) is 0 Å². The fraction of sp³-hybridized carbons (Fsp3) is 1.00. The molecule has 1 aliphatic heterocycles. The zero-order valence-corrected chi connectivity index (χ0v) is 13.2. The monoisotopic (exact) mass is 254 g/mol. The van der Waals surface area contributed by atoms with Gasteiger partial charge in [0.25, 0.3) is 0 Å². The van der Waals surface area contributed by atoms with Crippen molar-refractivity contribution in [2.24, 2.45) is 11.8 Å². The third-order valence-electron chi connectivity index (χ3n) is 4.16. The molecule has 18 heavy (non-hydrogen) atoms. The van der Waals surface area contributed by atoms with Crippen molar-refractivity contribution in [3.8, 4) is 0 Å². The molecule has 0 spiro atoms. The zero-order chi connectivity index (χ0) is 13.5. The van der Waals surface area contributed by atoms with Crippen molar-refractivity contribution in [1.29, 1.82) is 0 Å². The van der Waals surface area contributed by atoms with Gasteiger partial charge in [-0.15, -0.1) is 0 Å². The molecule has 1 rings (SSSR count). The maximum Gasteiger partial charge on any atom is 0.00816 e. The summed E-state index contributed by atoms with van der Waals surface area (Å²) in [6, 6.07) is 1.32. The molecule has 1 N–H and O–H groups in total. The number of rotatable bonds is 7. The molecule has 0 amide bonds. The van der Waals surface area contributed by atoms with Gasteiger partial charge in [0.15, 0.2) is 0 Å². The number of hydrogen-bond donors (Lipinski definition) is 1. The summed E-state index contributed by atoms with van der Waals surface area (Å²) < 4.78 is 0. The van der Waals surface area contributed by atoms with Crippen molar-refractivity contribution in [1.82, 2.24) is 10.2 Å². The van der Waals surface area contributed by atoms with Crippen molar-refractivity contribution in [2.45, 2.75) is 72.4 Å². The van der Waals surface area contributed by atoms with Crippen LogP contribution >= 0.6 is 0 Å². The molecule has 0 aromatic heterocycles. The first-order valence-electron chi connectivity index (χ1n) is 8.01. The number of nitrogens with zero attached hydrogens (tertiary/aromatic N) is 1. The Bertz CT molecular complexity index is 213. The molecule has 0 radical (unpaired) electrons. The van der Waals surface area contributed by atoms with Crippen molar-refractivity contribution in [3.05, 3.63) is 0 Å². The van der Waals surface area contributed by atoms with Crippen LogP contribution in [-0.2, 0) is 0 Å². The van der Waals surface area contributed by atoms with Crippen LogP contribution in [0.15, 0.2) is 0 Å². The molecule has 1 saturated heterocycles. The highest BCUT2D eigenvalue weighted by atomic mass is 15.1. The second-order valence-electron chi connectivity index (χ2n) is 6.69. The predicted molar refractivity (Wildman–Crippen MR) is 81.0 cm³/mol. The summed E-state index contributed by atoms with van der Waals surface area (Å²) in [5, 5.41) is 3.82. The maximum atomic E-state index is 3.82. The van der Waals surface area contributed by atoms with Crippen molar-refractivity contribution in [3.63, 3.8) is 0 Å². The van der Waals surface area contributed by atoms with Crippen LogP contribution in [0.3, 0.4) is 0 Å². The van der Waals surface area contributed by atoms with Crippen molar-refractivity contribution in [2.75, 3.05) is 19.6 Å². The average molecular weight is 254 g/mol. The molecular formula is C16H34N2. The first-order chi connectivity index (χ1) is 8.52. The van der Waals surface area contributed by atoms with Gasteiger partial charge in [-0.3, -0.25) is 0 Å². The SMILES string of the molecule is CCCN1CCCC(C(C)NC(C)CC(C)C)C1. The van der Waals surface area contributed by atoms with E-state index in [-0.39, 0.29) is 0 Å². The van der Waals surface area contributed by atoms with Crippen LogP contribution in [-0.4, -0.2) is 36.6 Å². The summed E-state index contributed by atoms with van der Waals surface area (Å²) in [6.45, 7) is 15.5. The fourth-order valence-corrected chi connectivity index (χ4v) is 3.38. The lowest BCUT2D eigenvalue weighted by molar-refractivity contribution is 0.146. The lowest BCUT2D eigenvalue weighted by atomic mass is 9.90. The molecule has 0 aromatic carbocycles. The van der Waals surface area contributed by atoms with E-state index in [1.54, 1.807) is 0 Å². The Kier molecular flexibility index (Phi) is 7.25. The van der Waals surface area contributed by atoms with E-state index in [4.69, 9.17) is 0 Å². The van der Waals surface area contributed by atoms with E-state index in [1.165, 1.54) is 45.3 Å². The van der Waals surface area contributed by atoms with Gasteiger partial charge in [-0.05, 0) is 64.5 Å². The van der Waals surface area contributed by atoms with E-state index in [0.29, 0.717) is 12.1 Å². The maximum absolute atomic E-state index is 3.82. The number of likely N-dealkylation sites (tertiary alicyclic amines) is 1. The normalized spacial score (nSPS) is 25.3. The first-order valence-corrected chi connectivity index (χ1v) is 8.01. The third-order valence-corrected chi connectivity index (χ3v) is 4.16. The topological polar surface area (TPSA) is 15.3 Å². The summed E-state index contributed by atoms with van der Waals surface area (Å²) in [5.41, 5.74) is 0. The van der Waals surface area contributed by atoms with Gasteiger partial charge in [0, 0.05) is 18.6 Å². The summed E-state index contributed by atoms with van der Waals surface area (Å²) in [5.74, 6) is 1.64. The Morgan fingerprint density at radius 3 is 2.56 bits per heavy atom. The third kappa shape index (κ3) is 5.71. The molecule has 3 atom stereocenters. The molecule has 2 heteroatoms. The minimum absolute atomic E-state index is 0.654. The Morgan fingerprint density at radius 1 is 1.22 bits per heavy atom. The standard InChI is InChI=1S/C16H34N2/c1-6-9-18-10-7-8-16(12-18)15(5)17-14(4)11-13(2)3/h13-17H,6-12H2,1-5H3. The summed E-state index contributed by atoms with van der Waals surface area (Å²) in [6.07, 6.45) is 5.37. The van der Waals surface area contributed by atoms with Crippen LogP contribution in [0.1, 0.15) is 60.3 Å². The Labute approximate surface area is 115 Å². The molecule has 0 saturated carbocycles. The van der Waals surface area contributed by atoms with Crippen LogP contribution in [0.5, 0.6) is 0 Å². The average Bonchev–Trinajstić information content (AvgIpc) is 2.28. The highest BCUT2D eigenvalue weighted by Crippen LogP contribution is 2.20. The highest BCUT2D eigenvalue weighted by Gasteiger charge is 2.24. The molecule has 0 aliphatic carbocycles.